The summed E-state index contributed by atoms with van der Waals surface area (Å²) >= 11 is 7.80. The van der Waals surface area contributed by atoms with Gasteiger partial charge < -0.3 is 9.73 Å². The van der Waals surface area contributed by atoms with Crippen molar-refractivity contribution < 1.29 is 4.42 Å². The average Bonchev–Trinajstić information content (AvgIpc) is 3.18. The fourth-order valence-electron chi connectivity index (χ4n) is 1.87. The van der Waals surface area contributed by atoms with Gasteiger partial charge in [-0.1, -0.05) is 17.7 Å². The molecule has 3 nitrogen and oxygen atoms in total. The van der Waals surface area contributed by atoms with E-state index in [1.807, 2.05) is 26.0 Å². The van der Waals surface area contributed by atoms with Crippen LogP contribution in [0.25, 0.3) is 0 Å². The Bertz CT molecular complexity index is 603. The predicted octanol–water partition coefficient (Wildman–Crippen LogP) is 4.35. The maximum absolute atomic E-state index is 6.34. The normalized spacial score (nSPS) is 14.8. The molecule has 0 saturated heterocycles. The highest BCUT2D eigenvalue weighted by molar-refractivity contribution is 7.99. The van der Waals surface area contributed by atoms with Gasteiger partial charge in [-0.2, -0.15) is 0 Å². The molecule has 0 radical (unpaired) electrons. The molecule has 106 valence electrons. The van der Waals surface area contributed by atoms with Gasteiger partial charge in [-0.25, -0.2) is 4.98 Å². The molecule has 1 aromatic heterocycles. The van der Waals surface area contributed by atoms with Crippen LogP contribution in [0.4, 0.5) is 0 Å². The van der Waals surface area contributed by atoms with Crippen LogP contribution in [0.3, 0.4) is 0 Å². The minimum atomic E-state index is 0.644. The first-order valence-corrected chi connectivity index (χ1v) is 7.95. The average molecular weight is 309 g/mol. The quantitative estimate of drug-likeness (QED) is 0.891. The van der Waals surface area contributed by atoms with Gasteiger partial charge in [0, 0.05) is 17.5 Å². The zero-order valence-corrected chi connectivity index (χ0v) is 13.1. The van der Waals surface area contributed by atoms with E-state index in [9.17, 15) is 0 Å². The zero-order chi connectivity index (χ0) is 14.1. The Morgan fingerprint density at radius 3 is 2.80 bits per heavy atom. The van der Waals surface area contributed by atoms with Crippen LogP contribution in [0.1, 0.15) is 29.9 Å². The third-order valence-corrected chi connectivity index (χ3v) is 4.72. The summed E-state index contributed by atoms with van der Waals surface area (Å²) in [6.45, 7) is 4.74. The standard InChI is InChI=1S/C15H17ClN2OS/c1-9-10(2)19-15(18-9)20-14-6-3-11(7-13(14)16)8-17-12-4-5-12/h3,6-7,12,17H,4-5,8H2,1-2H3. The minimum absolute atomic E-state index is 0.644. The lowest BCUT2D eigenvalue weighted by atomic mass is 10.2. The number of nitrogens with zero attached hydrogens (tertiary/aromatic N) is 1. The number of nitrogens with one attached hydrogen (secondary N) is 1. The lowest BCUT2D eigenvalue weighted by Gasteiger charge is -2.06. The molecule has 3 rings (SSSR count). The zero-order valence-electron chi connectivity index (χ0n) is 11.6. The molecule has 1 aromatic carbocycles. The van der Waals surface area contributed by atoms with Crippen LogP contribution in [-0.4, -0.2) is 11.0 Å². The Labute approximate surface area is 128 Å². The number of hydrogen-bond donors (Lipinski definition) is 1. The summed E-state index contributed by atoms with van der Waals surface area (Å²) in [7, 11) is 0. The summed E-state index contributed by atoms with van der Waals surface area (Å²) in [4.78, 5) is 5.34. The summed E-state index contributed by atoms with van der Waals surface area (Å²) in [6.07, 6.45) is 2.59. The van der Waals surface area contributed by atoms with Crippen molar-refractivity contribution in [3.8, 4) is 0 Å². The third kappa shape index (κ3) is 3.37. The van der Waals surface area contributed by atoms with Crippen molar-refractivity contribution in [1.82, 2.24) is 10.3 Å². The van der Waals surface area contributed by atoms with Crippen LogP contribution < -0.4 is 5.32 Å². The van der Waals surface area contributed by atoms with E-state index in [0.717, 1.165) is 27.9 Å². The highest BCUT2D eigenvalue weighted by atomic mass is 35.5. The second-order valence-electron chi connectivity index (χ2n) is 5.14. The molecular weight excluding hydrogens is 292 g/mol. The lowest BCUT2D eigenvalue weighted by molar-refractivity contribution is 0.431. The Balaban J connectivity index is 1.69. The minimum Gasteiger partial charge on any atom is -0.436 e. The number of rotatable bonds is 5. The molecule has 0 atom stereocenters. The predicted molar refractivity (Wildman–Crippen MR) is 81.4 cm³/mol. The van der Waals surface area contributed by atoms with Gasteiger partial charge in [-0.15, -0.1) is 0 Å². The second kappa shape index (κ2) is 5.80. The molecule has 1 saturated carbocycles. The molecule has 1 aliphatic rings. The lowest BCUT2D eigenvalue weighted by Crippen LogP contribution is -2.15. The first-order valence-electron chi connectivity index (χ1n) is 6.75. The molecule has 0 unspecified atom stereocenters. The topological polar surface area (TPSA) is 38.1 Å². The smallest absolute Gasteiger partial charge is 0.261 e. The Morgan fingerprint density at radius 2 is 2.20 bits per heavy atom. The molecule has 0 spiro atoms. The van der Waals surface area contributed by atoms with Crippen LogP contribution in [0, 0.1) is 13.8 Å². The van der Waals surface area contributed by atoms with E-state index >= 15 is 0 Å². The monoisotopic (exact) mass is 308 g/mol. The summed E-state index contributed by atoms with van der Waals surface area (Å²) in [5, 5.41) is 4.88. The molecule has 2 aromatic rings. The Kier molecular flexibility index (Phi) is 4.06. The number of oxazole rings is 1. The number of halogens is 1. The number of aromatic nitrogens is 1. The molecule has 0 amide bonds. The molecule has 0 bridgehead atoms. The van der Waals surface area contributed by atoms with E-state index in [1.54, 1.807) is 0 Å². The van der Waals surface area contributed by atoms with Gasteiger partial charge in [-0.3, -0.25) is 0 Å². The summed E-state index contributed by atoms with van der Waals surface area (Å²) < 4.78 is 5.57. The van der Waals surface area contributed by atoms with Crippen LogP contribution in [-0.2, 0) is 6.54 Å². The van der Waals surface area contributed by atoms with E-state index in [2.05, 4.69) is 16.4 Å². The fraction of sp³-hybridized carbons (Fsp3) is 0.400. The van der Waals surface area contributed by atoms with Crippen LogP contribution in [0.15, 0.2) is 32.7 Å². The molecule has 1 heterocycles. The molecule has 1 aliphatic carbocycles. The van der Waals surface area contributed by atoms with Crippen molar-refractivity contribution in [2.45, 2.75) is 49.4 Å². The van der Waals surface area contributed by atoms with Crippen molar-refractivity contribution in [2.75, 3.05) is 0 Å². The number of benzene rings is 1. The van der Waals surface area contributed by atoms with Crippen LogP contribution in [0.2, 0.25) is 5.02 Å². The Morgan fingerprint density at radius 1 is 1.40 bits per heavy atom. The molecular formula is C15H17ClN2OS. The van der Waals surface area contributed by atoms with Gasteiger partial charge in [0.2, 0.25) is 0 Å². The first-order chi connectivity index (χ1) is 9.61. The van der Waals surface area contributed by atoms with Gasteiger partial charge in [-0.05, 0) is 56.1 Å². The van der Waals surface area contributed by atoms with Crippen molar-refractivity contribution in [1.29, 1.82) is 0 Å². The number of aryl methyl sites for hydroxylation is 2. The van der Waals surface area contributed by atoms with E-state index in [0.29, 0.717) is 11.3 Å². The highest BCUT2D eigenvalue weighted by Crippen LogP contribution is 2.34. The maximum Gasteiger partial charge on any atom is 0.261 e. The van der Waals surface area contributed by atoms with E-state index in [1.165, 1.54) is 30.2 Å². The largest absolute Gasteiger partial charge is 0.436 e. The molecule has 1 N–H and O–H groups in total. The molecule has 1 fully saturated rings. The van der Waals surface area contributed by atoms with Crippen molar-refractivity contribution in [3.63, 3.8) is 0 Å². The SMILES string of the molecule is Cc1nc(Sc2ccc(CNC3CC3)cc2Cl)oc1C. The first kappa shape index (κ1) is 14.0. The van der Waals surface area contributed by atoms with Crippen LogP contribution in [0.5, 0.6) is 0 Å². The number of hydrogen-bond acceptors (Lipinski definition) is 4. The van der Waals surface area contributed by atoms with Crippen molar-refractivity contribution in [2.24, 2.45) is 0 Å². The van der Waals surface area contributed by atoms with Gasteiger partial charge in [0.05, 0.1) is 10.7 Å². The van der Waals surface area contributed by atoms with Crippen LogP contribution >= 0.6 is 23.4 Å². The molecule has 0 aliphatic heterocycles. The summed E-state index contributed by atoms with van der Waals surface area (Å²) in [5.41, 5.74) is 2.14. The van der Waals surface area contributed by atoms with Gasteiger partial charge in [0.25, 0.3) is 5.22 Å². The van der Waals surface area contributed by atoms with Crippen molar-refractivity contribution in [3.05, 3.63) is 40.2 Å². The highest BCUT2D eigenvalue weighted by Gasteiger charge is 2.20. The molecule has 20 heavy (non-hydrogen) atoms. The summed E-state index contributed by atoms with van der Waals surface area (Å²) in [6, 6.07) is 6.86. The fourth-order valence-corrected chi connectivity index (χ4v) is 3.02. The van der Waals surface area contributed by atoms with Crippen molar-refractivity contribution >= 4 is 23.4 Å². The maximum atomic E-state index is 6.34. The third-order valence-electron chi connectivity index (χ3n) is 3.37. The summed E-state index contributed by atoms with van der Waals surface area (Å²) in [5.74, 6) is 0.855. The van der Waals surface area contributed by atoms with E-state index < -0.39 is 0 Å². The van der Waals surface area contributed by atoms with Gasteiger partial charge in [0.15, 0.2) is 0 Å². The van der Waals surface area contributed by atoms with E-state index in [4.69, 9.17) is 16.0 Å². The van der Waals surface area contributed by atoms with Gasteiger partial charge in [0.1, 0.15) is 5.76 Å². The molecule has 5 heteroatoms. The van der Waals surface area contributed by atoms with Gasteiger partial charge >= 0.3 is 0 Å². The second-order valence-corrected chi connectivity index (χ2v) is 6.54. The van der Waals surface area contributed by atoms with E-state index in [-0.39, 0.29) is 0 Å². The Hall–Kier alpha value is -0.970.